The average molecular weight is 195 g/mol. The third-order valence-electron chi connectivity index (χ3n) is 3.30. The van der Waals surface area contributed by atoms with Crippen LogP contribution in [0.4, 0.5) is 0 Å². The molecule has 0 heterocycles. The monoisotopic (exact) mass is 195 g/mol. The Morgan fingerprint density at radius 2 is 1.93 bits per heavy atom. The van der Waals surface area contributed by atoms with Crippen LogP contribution in [0.5, 0.6) is 0 Å². The predicted molar refractivity (Wildman–Crippen MR) is 56.6 cm³/mol. The van der Waals surface area contributed by atoms with Crippen LogP contribution in [0.1, 0.15) is 52.4 Å². The van der Waals surface area contributed by atoms with Gasteiger partial charge in [-0.15, -0.1) is 0 Å². The number of hydrogen-bond donors (Lipinski definition) is 1. The molecule has 1 atom stereocenters. The van der Waals surface area contributed by atoms with Crippen LogP contribution >= 0.6 is 0 Å². The fraction of sp³-hybridized carbons (Fsp3) is 0.917. The van der Waals surface area contributed by atoms with Crippen LogP contribution in [0.15, 0.2) is 0 Å². The fourth-order valence-electron chi connectivity index (χ4n) is 2.26. The quantitative estimate of drug-likeness (QED) is 0.752. The molecule has 0 spiro atoms. The summed E-state index contributed by atoms with van der Waals surface area (Å²) in [6.07, 6.45) is 7.31. The lowest BCUT2D eigenvalue weighted by Crippen LogP contribution is -2.31. The van der Waals surface area contributed by atoms with E-state index < -0.39 is 5.60 Å². The van der Waals surface area contributed by atoms with E-state index >= 15 is 0 Å². The third kappa shape index (κ3) is 3.31. The van der Waals surface area contributed by atoms with Crippen molar-refractivity contribution in [3.63, 3.8) is 0 Å². The van der Waals surface area contributed by atoms with Crippen LogP contribution in [0.3, 0.4) is 0 Å². The van der Waals surface area contributed by atoms with Crippen molar-refractivity contribution in [2.24, 2.45) is 11.8 Å². The van der Waals surface area contributed by atoms with Crippen LogP contribution in [0, 0.1) is 23.2 Å². The van der Waals surface area contributed by atoms with E-state index in [9.17, 15) is 5.11 Å². The van der Waals surface area contributed by atoms with Gasteiger partial charge in [-0.05, 0) is 26.2 Å². The Hall–Kier alpha value is -0.550. The van der Waals surface area contributed by atoms with E-state index in [1.165, 1.54) is 32.1 Å². The highest BCUT2D eigenvalue weighted by Gasteiger charge is 2.29. The van der Waals surface area contributed by atoms with Gasteiger partial charge in [-0.25, -0.2) is 0 Å². The van der Waals surface area contributed by atoms with Crippen molar-refractivity contribution in [1.82, 2.24) is 0 Å². The largest absolute Gasteiger partial charge is 0.389 e. The lowest BCUT2D eigenvalue weighted by atomic mass is 9.78. The van der Waals surface area contributed by atoms with E-state index in [1.54, 1.807) is 13.8 Å². The van der Waals surface area contributed by atoms with Gasteiger partial charge in [0.1, 0.15) is 0 Å². The third-order valence-corrected chi connectivity index (χ3v) is 3.30. The molecule has 0 aliphatic heterocycles. The molecule has 2 nitrogen and oxygen atoms in total. The van der Waals surface area contributed by atoms with Crippen LogP contribution < -0.4 is 0 Å². The van der Waals surface area contributed by atoms with E-state index in [1.807, 2.05) is 0 Å². The Bertz CT molecular complexity index is 205. The number of hydrogen-bond acceptors (Lipinski definition) is 2. The van der Waals surface area contributed by atoms with Gasteiger partial charge in [0.05, 0.1) is 17.6 Å². The Kier molecular flexibility index (Phi) is 3.95. The molecule has 0 bridgehead atoms. The Morgan fingerprint density at radius 3 is 2.36 bits per heavy atom. The fourth-order valence-corrected chi connectivity index (χ4v) is 2.26. The van der Waals surface area contributed by atoms with Gasteiger partial charge in [-0.2, -0.15) is 5.26 Å². The lowest BCUT2D eigenvalue weighted by molar-refractivity contribution is 0.0278. The molecular formula is C12H21NO. The summed E-state index contributed by atoms with van der Waals surface area (Å²) in [6, 6.07) is 2.24. The average Bonchev–Trinajstić information content (AvgIpc) is 2.14. The first-order chi connectivity index (χ1) is 6.54. The molecule has 80 valence electrons. The van der Waals surface area contributed by atoms with Gasteiger partial charge >= 0.3 is 0 Å². The molecule has 14 heavy (non-hydrogen) atoms. The minimum Gasteiger partial charge on any atom is -0.389 e. The Morgan fingerprint density at radius 1 is 1.36 bits per heavy atom. The Balaban J connectivity index is 2.44. The zero-order valence-electron chi connectivity index (χ0n) is 9.29. The van der Waals surface area contributed by atoms with Crippen molar-refractivity contribution >= 4 is 0 Å². The summed E-state index contributed by atoms with van der Waals surface area (Å²) in [5.41, 5.74) is -0.841. The predicted octanol–water partition coefficient (Wildman–Crippen LogP) is 2.87. The van der Waals surface area contributed by atoms with Crippen LogP contribution in [-0.2, 0) is 0 Å². The molecule has 0 saturated heterocycles. The maximum absolute atomic E-state index is 9.79. The molecule has 1 N–H and O–H groups in total. The van der Waals surface area contributed by atoms with Gasteiger partial charge in [0, 0.05) is 0 Å². The smallest absolute Gasteiger partial charge is 0.0749 e. The molecule has 2 heteroatoms. The molecule has 1 saturated carbocycles. The van der Waals surface area contributed by atoms with Crippen molar-refractivity contribution in [3.8, 4) is 6.07 Å². The minimum absolute atomic E-state index is 0.203. The van der Waals surface area contributed by atoms with Gasteiger partial charge in [-0.3, -0.25) is 0 Å². The van der Waals surface area contributed by atoms with Crippen LogP contribution in [-0.4, -0.2) is 10.7 Å². The summed E-state index contributed by atoms with van der Waals surface area (Å²) in [5, 5.41) is 18.8. The highest BCUT2D eigenvalue weighted by Crippen LogP contribution is 2.32. The molecule has 0 radical (unpaired) electrons. The topological polar surface area (TPSA) is 44.0 Å². The second-order valence-corrected chi connectivity index (χ2v) is 5.08. The minimum atomic E-state index is -0.841. The maximum Gasteiger partial charge on any atom is 0.0749 e. The van der Waals surface area contributed by atoms with Gasteiger partial charge in [0.25, 0.3) is 0 Å². The summed E-state index contributed by atoms with van der Waals surface area (Å²) in [5.74, 6) is 0.463. The maximum atomic E-state index is 9.79. The molecule has 0 aromatic heterocycles. The molecule has 1 aliphatic carbocycles. The van der Waals surface area contributed by atoms with E-state index in [0.29, 0.717) is 5.92 Å². The van der Waals surface area contributed by atoms with Crippen molar-refractivity contribution in [2.45, 2.75) is 58.0 Å². The summed E-state index contributed by atoms with van der Waals surface area (Å²) >= 11 is 0. The first-order valence-corrected chi connectivity index (χ1v) is 5.66. The second-order valence-electron chi connectivity index (χ2n) is 5.08. The summed E-state index contributed by atoms with van der Waals surface area (Å²) in [6.45, 7) is 3.48. The normalized spacial score (nSPS) is 21.6. The van der Waals surface area contributed by atoms with Gasteiger partial charge in [0.2, 0.25) is 0 Å². The zero-order valence-corrected chi connectivity index (χ0v) is 9.29. The first-order valence-electron chi connectivity index (χ1n) is 5.66. The molecule has 1 rings (SSSR count). The van der Waals surface area contributed by atoms with E-state index in [4.69, 9.17) is 5.26 Å². The summed E-state index contributed by atoms with van der Waals surface area (Å²) in [7, 11) is 0. The highest BCUT2D eigenvalue weighted by atomic mass is 16.3. The molecule has 0 amide bonds. The molecule has 0 aromatic carbocycles. The lowest BCUT2D eigenvalue weighted by Gasteiger charge is -2.29. The summed E-state index contributed by atoms with van der Waals surface area (Å²) < 4.78 is 0. The molecule has 0 aromatic rings. The van der Waals surface area contributed by atoms with Crippen molar-refractivity contribution in [3.05, 3.63) is 0 Å². The number of rotatable bonds is 3. The number of aliphatic hydroxyl groups is 1. The van der Waals surface area contributed by atoms with E-state index in [2.05, 4.69) is 6.07 Å². The van der Waals surface area contributed by atoms with Gasteiger partial charge in [0.15, 0.2) is 0 Å². The highest BCUT2D eigenvalue weighted by molar-refractivity contribution is 4.95. The van der Waals surface area contributed by atoms with Crippen molar-refractivity contribution < 1.29 is 5.11 Å². The van der Waals surface area contributed by atoms with Crippen molar-refractivity contribution in [2.75, 3.05) is 0 Å². The molecule has 1 fully saturated rings. The number of nitrogens with zero attached hydrogens (tertiary/aromatic N) is 1. The van der Waals surface area contributed by atoms with Gasteiger partial charge in [-0.1, -0.05) is 32.1 Å². The summed E-state index contributed by atoms with van der Waals surface area (Å²) in [4.78, 5) is 0. The Labute approximate surface area is 86.9 Å². The van der Waals surface area contributed by atoms with E-state index in [-0.39, 0.29) is 5.92 Å². The molecule has 1 unspecified atom stereocenters. The van der Waals surface area contributed by atoms with Gasteiger partial charge < -0.3 is 5.11 Å². The number of nitriles is 1. The SMILES string of the molecule is CC(C)(O)C(C#N)CC1CCCCC1. The molecule has 1 aliphatic rings. The van der Waals surface area contributed by atoms with Crippen LogP contribution in [0.25, 0.3) is 0 Å². The second kappa shape index (κ2) is 4.79. The van der Waals surface area contributed by atoms with Crippen LogP contribution in [0.2, 0.25) is 0 Å². The standard InChI is InChI=1S/C12H21NO/c1-12(2,14)11(9-13)8-10-6-4-3-5-7-10/h10-11,14H,3-8H2,1-2H3. The molecular weight excluding hydrogens is 174 g/mol. The van der Waals surface area contributed by atoms with Crippen molar-refractivity contribution in [1.29, 1.82) is 5.26 Å². The van der Waals surface area contributed by atoms with E-state index in [0.717, 1.165) is 6.42 Å². The first kappa shape index (κ1) is 11.5. The zero-order chi connectivity index (χ0) is 10.6.